The zero-order chi connectivity index (χ0) is 29.8. The molecule has 2 aliphatic heterocycles. The third-order valence-electron chi connectivity index (χ3n) is 7.20. The molecule has 3 aromatic rings. The minimum absolute atomic E-state index is 0.0673. The van der Waals surface area contributed by atoms with E-state index < -0.39 is 17.7 Å². The summed E-state index contributed by atoms with van der Waals surface area (Å²) in [6.07, 6.45) is 5.14. The quantitative estimate of drug-likeness (QED) is 0.203. The summed E-state index contributed by atoms with van der Waals surface area (Å²) in [6, 6.07) is 4.12. The monoisotopic (exact) mass is 595 g/mol. The van der Waals surface area contributed by atoms with E-state index in [0.717, 1.165) is 19.6 Å². The van der Waals surface area contributed by atoms with Gasteiger partial charge in [-0.3, -0.25) is 9.59 Å². The molecule has 4 heterocycles. The van der Waals surface area contributed by atoms with Gasteiger partial charge in [-0.25, -0.2) is 19.2 Å². The first-order valence-electron chi connectivity index (χ1n) is 13.7. The standard InChI is InChI=1S/C29H31ClFN7O4/c1-3-42-29(41)24-16(2)21(36-22(24)14-23(39)32-8-11-38-9-4-5-10-38)13-18-25-26(33-15-34-27(25)37-28(18)40)35-17-6-7-20(31)19(30)12-17/h6-7,12-13,15,36H,3-5,8-11,14H2,1-2H3,(H,32,39)(H2,33,34,35,37,40)/b18-13-. The highest BCUT2D eigenvalue weighted by molar-refractivity contribution is 6.35. The van der Waals surface area contributed by atoms with Gasteiger partial charge in [0.05, 0.1) is 34.8 Å². The van der Waals surface area contributed by atoms with Crippen LogP contribution in [-0.4, -0.2) is 70.4 Å². The number of carbonyl (C=O) groups is 3. The van der Waals surface area contributed by atoms with Gasteiger partial charge in [-0.15, -0.1) is 0 Å². The molecule has 4 N–H and O–H groups in total. The van der Waals surface area contributed by atoms with Gasteiger partial charge in [-0.05, 0) is 69.6 Å². The fourth-order valence-electron chi connectivity index (χ4n) is 5.13. The number of fused-ring (bicyclic) bond motifs is 1. The number of nitrogens with zero attached hydrogens (tertiary/aromatic N) is 3. The SMILES string of the molecule is CCOC(=O)c1c(CC(=O)NCCN2CCCC2)[nH]c(/C=C2\C(=O)Nc3ncnc(Nc4ccc(F)c(Cl)c4)c32)c1C. The first-order valence-corrected chi connectivity index (χ1v) is 14.1. The van der Waals surface area contributed by atoms with Crippen molar-refractivity contribution in [1.82, 2.24) is 25.2 Å². The molecule has 2 amide bonds. The smallest absolute Gasteiger partial charge is 0.340 e. The second-order valence-corrected chi connectivity index (χ2v) is 10.4. The van der Waals surface area contributed by atoms with E-state index in [1.54, 1.807) is 19.9 Å². The molecule has 42 heavy (non-hydrogen) atoms. The van der Waals surface area contributed by atoms with Crippen LogP contribution in [0.25, 0.3) is 11.6 Å². The van der Waals surface area contributed by atoms with Crippen LogP contribution in [0.2, 0.25) is 5.02 Å². The Labute approximate surface area is 246 Å². The molecule has 2 aromatic heterocycles. The van der Waals surface area contributed by atoms with Gasteiger partial charge in [0.15, 0.2) is 0 Å². The van der Waals surface area contributed by atoms with E-state index in [9.17, 15) is 18.8 Å². The zero-order valence-corrected chi connectivity index (χ0v) is 24.0. The highest BCUT2D eigenvalue weighted by atomic mass is 35.5. The molecule has 220 valence electrons. The van der Waals surface area contributed by atoms with Gasteiger partial charge < -0.3 is 30.6 Å². The maximum absolute atomic E-state index is 13.7. The number of H-pyrrole nitrogens is 1. The number of carbonyl (C=O) groups excluding carboxylic acids is 3. The van der Waals surface area contributed by atoms with Crippen molar-refractivity contribution in [3.63, 3.8) is 0 Å². The number of aromatic nitrogens is 3. The van der Waals surface area contributed by atoms with E-state index in [1.165, 1.54) is 37.4 Å². The number of likely N-dealkylation sites (tertiary alicyclic amines) is 1. The predicted molar refractivity (Wildman–Crippen MR) is 157 cm³/mol. The second-order valence-electron chi connectivity index (χ2n) is 10.0. The number of rotatable bonds is 10. The van der Waals surface area contributed by atoms with Crippen molar-refractivity contribution in [3.05, 3.63) is 63.4 Å². The van der Waals surface area contributed by atoms with Gasteiger partial charge in [0.1, 0.15) is 23.8 Å². The molecule has 0 radical (unpaired) electrons. The van der Waals surface area contributed by atoms with E-state index in [-0.39, 0.29) is 40.9 Å². The van der Waals surface area contributed by atoms with Crippen LogP contribution in [0, 0.1) is 12.7 Å². The molecular formula is C29H31ClFN7O4. The number of halogens is 2. The number of hydrogen-bond acceptors (Lipinski definition) is 8. The van der Waals surface area contributed by atoms with Gasteiger partial charge in [-0.1, -0.05) is 11.6 Å². The van der Waals surface area contributed by atoms with E-state index in [1.807, 2.05) is 0 Å². The van der Waals surface area contributed by atoms with Crippen LogP contribution >= 0.6 is 11.6 Å². The van der Waals surface area contributed by atoms with Crippen molar-refractivity contribution in [3.8, 4) is 0 Å². The van der Waals surface area contributed by atoms with Crippen LogP contribution in [0.3, 0.4) is 0 Å². The van der Waals surface area contributed by atoms with Gasteiger partial charge >= 0.3 is 5.97 Å². The summed E-state index contributed by atoms with van der Waals surface area (Å²) in [7, 11) is 0. The number of aromatic amines is 1. The van der Waals surface area contributed by atoms with Crippen LogP contribution in [0.1, 0.15) is 52.6 Å². The summed E-state index contributed by atoms with van der Waals surface area (Å²) in [6.45, 7) is 6.94. The first kappa shape index (κ1) is 29.2. The molecule has 5 rings (SSSR count). The number of hydrogen-bond donors (Lipinski definition) is 4. The maximum Gasteiger partial charge on any atom is 0.340 e. The Morgan fingerprint density at radius 1 is 1.24 bits per heavy atom. The lowest BCUT2D eigenvalue weighted by atomic mass is 10.0. The van der Waals surface area contributed by atoms with Crippen LogP contribution in [0.4, 0.5) is 21.7 Å². The van der Waals surface area contributed by atoms with Gasteiger partial charge in [-0.2, -0.15) is 0 Å². The number of ether oxygens (including phenoxy) is 1. The summed E-state index contributed by atoms with van der Waals surface area (Å²) in [5.41, 5.74) is 2.69. The fraction of sp³-hybridized carbons (Fsp3) is 0.345. The van der Waals surface area contributed by atoms with Crippen LogP contribution in [0.15, 0.2) is 24.5 Å². The van der Waals surface area contributed by atoms with E-state index in [0.29, 0.717) is 40.6 Å². The molecule has 1 saturated heterocycles. The Kier molecular flexibility index (Phi) is 8.83. The second kappa shape index (κ2) is 12.7. The lowest BCUT2D eigenvalue weighted by Crippen LogP contribution is -2.34. The van der Waals surface area contributed by atoms with Gasteiger partial charge in [0.25, 0.3) is 5.91 Å². The third kappa shape index (κ3) is 6.29. The summed E-state index contributed by atoms with van der Waals surface area (Å²) in [5.74, 6) is -1.22. The highest BCUT2D eigenvalue weighted by Crippen LogP contribution is 2.38. The molecular weight excluding hydrogens is 565 g/mol. The Morgan fingerprint density at radius 3 is 2.76 bits per heavy atom. The summed E-state index contributed by atoms with van der Waals surface area (Å²) >= 11 is 5.93. The normalized spacial score (nSPS) is 15.5. The summed E-state index contributed by atoms with van der Waals surface area (Å²) < 4.78 is 19.0. The van der Waals surface area contributed by atoms with Crippen molar-refractivity contribution in [2.24, 2.45) is 0 Å². The van der Waals surface area contributed by atoms with Crippen molar-refractivity contribution in [2.75, 3.05) is 43.4 Å². The lowest BCUT2D eigenvalue weighted by molar-refractivity contribution is -0.120. The third-order valence-corrected chi connectivity index (χ3v) is 7.49. The Morgan fingerprint density at radius 2 is 2.02 bits per heavy atom. The van der Waals surface area contributed by atoms with Gasteiger partial charge in [0, 0.05) is 30.2 Å². The number of benzene rings is 1. The molecule has 0 bridgehead atoms. The van der Waals surface area contributed by atoms with Crippen molar-refractivity contribution >= 4 is 58.4 Å². The molecule has 0 atom stereocenters. The zero-order valence-electron chi connectivity index (χ0n) is 23.3. The Hall–Kier alpha value is -4.29. The number of amides is 2. The first-order chi connectivity index (χ1) is 20.2. The minimum Gasteiger partial charge on any atom is -0.462 e. The van der Waals surface area contributed by atoms with Crippen molar-refractivity contribution < 1.29 is 23.5 Å². The molecule has 11 nitrogen and oxygen atoms in total. The van der Waals surface area contributed by atoms with E-state index in [2.05, 4.69) is 35.8 Å². The van der Waals surface area contributed by atoms with Gasteiger partial charge in [0.2, 0.25) is 5.91 Å². The molecule has 1 aromatic carbocycles. The van der Waals surface area contributed by atoms with Crippen molar-refractivity contribution in [2.45, 2.75) is 33.1 Å². The fourth-order valence-corrected chi connectivity index (χ4v) is 5.31. The molecule has 0 spiro atoms. The van der Waals surface area contributed by atoms with Crippen LogP contribution < -0.4 is 16.0 Å². The minimum atomic E-state index is -0.566. The van der Waals surface area contributed by atoms with E-state index in [4.69, 9.17) is 16.3 Å². The average molecular weight is 596 g/mol. The largest absolute Gasteiger partial charge is 0.462 e. The molecule has 0 aliphatic carbocycles. The van der Waals surface area contributed by atoms with Crippen LogP contribution in [0.5, 0.6) is 0 Å². The van der Waals surface area contributed by atoms with Crippen LogP contribution in [-0.2, 0) is 20.7 Å². The Balaban J connectivity index is 1.44. The van der Waals surface area contributed by atoms with Crippen molar-refractivity contribution in [1.29, 1.82) is 0 Å². The topological polar surface area (TPSA) is 141 Å². The maximum atomic E-state index is 13.7. The summed E-state index contributed by atoms with van der Waals surface area (Å²) in [5, 5.41) is 8.64. The number of anilines is 3. The van der Waals surface area contributed by atoms with E-state index >= 15 is 0 Å². The molecule has 2 aliphatic rings. The molecule has 0 unspecified atom stereocenters. The summed E-state index contributed by atoms with van der Waals surface area (Å²) in [4.78, 5) is 52.7. The molecule has 1 fully saturated rings. The Bertz CT molecular complexity index is 1570. The average Bonchev–Trinajstić information content (AvgIpc) is 3.65. The number of esters is 1. The lowest BCUT2D eigenvalue weighted by Gasteiger charge is -2.14. The molecule has 0 saturated carbocycles. The predicted octanol–water partition coefficient (Wildman–Crippen LogP) is 4.07. The molecule has 13 heteroatoms. The highest BCUT2D eigenvalue weighted by Gasteiger charge is 2.31. The number of nitrogens with one attached hydrogen (secondary N) is 4.